The molecule has 0 aromatic carbocycles. The number of halogens is 3. The van der Waals surface area contributed by atoms with Gasteiger partial charge in [-0.15, -0.1) is 0 Å². The molecule has 2 aromatic heterocycles. The number of carbonyl (C=O) groups excluding carboxylic acids is 2. The third-order valence-electron chi connectivity index (χ3n) is 9.31. The van der Waals surface area contributed by atoms with Gasteiger partial charge in [-0.3, -0.25) is 9.59 Å². The number of nitrogens with one attached hydrogen (secondary N) is 1. The van der Waals surface area contributed by atoms with Crippen molar-refractivity contribution in [2.75, 3.05) is 51.3 Å². The lowest BCUT2D eigenvalue weighted by Crippen LogP contribution is -2.60. The van der Waals surface area contributed by atoms with E-state index in [9.17, 15) is 22.8 Å². The van der Waals surface area contributed by atoms with E-state index in [4.69, 9.17) is 9.72 Å². The van der Waals surface area contributed by atoms with Gasteiger partial charge < -0.3 is 24.8 Å². The van der Waals surface area contributed by atoms with Gasteiger partial charge in [0, 0.05) is 44.5 Å². The molecule has 2 aliphatic heterocycles. The highest BCUT2D eigenvalue weighted by molar-refractivity contribution is 5.98. The van der Waals surface area contributed by atoms with Crippen molar-refractivity contribution < 1.29 is 27.5 Å². The molecule has 5 rings (SSSR count). The summed E-state index contributed by atoms with van der Waals surface area (Å²) in [6.07, 6.45) is -0.882. The Hall–Kier alpha value is -3.41. The molecule has 1 N–H and O–H groups in total. The van der Waals surface area contributed by atoms with E-state index in [0.717, 1.165) is 13.0 Å². The number of likely N-dealkylation sites (N-methyl/N-ethyl adjacent to an activating group) is 1. The average Bonchev–Trinajstić information content (AvgIpc) is 3.52. The van der Waals surface area contributed by atoms with Gasteiger partial charge in [-0.2, -0.15) is 13.2 Å². The molecule has 12 heteroatoms. The summed E-state index contributed by atoms with van der Waals surface area (Å²) in [4.78, 5) is 41.9. The van der Waals surface area contributed by atoms with Crippen molar-refractivity contribution in [3.8, 4) is 17.1 Å². The van der Waals surface area contributed by atoms with Crippen LogP contribution in [0.15, 0.2) is 30.5 Å². The number of ether oxygens (including phenoxy) is 1. The Morgan fingerprint density at radius 2 is 1.86 bits per heavy atom. The van der Waals surface area contributed by atoms with Crippen molar-refractivity contribution in [3.63, 3.8) is 0 Å². The third-order valence-corrected chi connectivity index (χ3v) is 9.31. The second kappa shape index (κ2) is 12.7. The molecule has 0 radical (unpaired) electrons. The molecule has 3 fully saturated rings. The monoisotopic (exact) mass is 602 g/mol. The van der Waals surface area contributed by atoms with Gasteiger partial charge in [0.2, 0.25) is 11.8 Å². The number of pyridine rings is 2. The van der Waals surface area contributed by atoms with E-state index in [1.54, 1.807) is 12.3 Å². The molecule has 43 heavy (non-hydrogen) atoms. The van der Waals surface area contributed by atoms with Crippen molar-refractivity contribution in [2.45, 2.75) is 70.6 Å². The zero-order chi connectivity index (χ0) is 30.8. The second-order valence-corrected chi connectivity index (χ2v) is 11.8. The maximum atomic E-state index is 14.2. The van der Waals surface area contributed by atoms with Gasteiger partial charge >= 0.3 is 6.18 Å². The minimum Gasteiger partial charge on any atom is -0.477 e. The molecule has 9 nitrogen and oxygen atoms in total. The number of carbonyl (C=O) groups is 2. The lowest BCUT2D eigenvalue weighted by atomic mass is 9.83. The van der Waals surface area contributed by atoms with Crippen LogP contribution in [0.25, 0.3) is 11.3 Å². The van der Waals surface area contributed by atoms with Gasteiger partial charge in [-0.1, -0.05) is 19.8 Å². The van der Waals surface area contributed by atoms with Crippen LogP contribution < -0.4 is 15.0 Å². The van der Waals surface area contributed by atoms with E-state index in [-0.39, 0.29) is 49.6 Å². The first-order valence-electron chi connectivity index (χ1n) is 15.3. The Morgan fingerprint density at radius 1 is 1.09 bits per heavy atom. The van der Waals surface area contributed by atoms with Crippen LogP contribution in [0.4, 0.5) is 18.9 Å². The van der Waals surface area contributed by atoms with Crippen LogP contribution >= 0.6 is 0 Å². The van der Waals surface area contributed by atoms with Gasteiger partial charge in [-0.05, 0) is 70.5 Å². The second-order valence-electron chi connectivity index (χ2n) is 11.8. The number of amides is 2. The first-order chi connectivity index (χ1) is 20.6. The number of piperazine rings is 1. The fourth-order valence-electron chi connectivity index (χ4n) is 6.57. The van der Waals surface area contributed by atoms with Gasteiger partial charge in [0.15, 0.2) is 5.69 Å². The number of anilines is 1. The number of hydrogen-bond donors (Lipinski definition) is 1. The van der Waals surface area contributed by atoms with E-state index >= 15 is 0 Å². The molecule has 234 valence electrons. The number of aromatic nitrogens is 2. The summed E-state index contributed by atoms with van der Waals surface area (Å²) >= 11 is 0. The Balaban J connectivity index is 1.44. The number of alkyl halides is 3. The topological polar surface area (TPSA) is 90.9 Å². The summed E-state index contributed by atoms with van der Waals surface area (Å²) in [5.41, 5.74) is -0.290. The molecule has 1 aliphatic carbocycles. The van der Waals surface area contributed by atoms with Gasteiger partial charge in [0.25, 0.3) is 5.91 Å². The van der Waals surface area contributed by atoms with Gasteiger partial charge in [0.1, 0.15) is 5.41 Å². The lowest BCUT2D eigenvalue weighted by molar-refractivity contribution is -0.226. The molecule has 0 unspecified atom stereocenters. The largest absolute Gasteiger partial charge is 0.477 e. The maximum absolute atomic E-state index is 14.2. The molecule has 3 aliphatic rings. The van der Waals surface area contributed by atoms with Crippen molar-refractivity contribution in [1.29, 1.82) is 0 Å². The highest BCUT2D eigenvalue weighted by Crippen LogP contribution is 2.52. The van der Waals surface area contributed by atoms with E-state index in [1.807, 2.05) is 44.0 Å². The highest BCUT2D eigenvalue weighted by Gasteiger charge is 2.62. The van der Waals surface area contributed by atoms with Crippen molar-refractivity contribution in [1.82, 2.24) is 25.1 Å². The number of nitrogens with zero attached hydrogens (tertiary/aromatic N) is 5. The molecular formula is C31H41F3N6O3. The zero-order valence-corrected chi connectivity index (χ0v) is 25.1. The Kier molecular flexibility index (Phi) is 9.15. The molecule has 2 aromatic rings. The summed E-state index contributed by atoms with van der Waals surface area (Å²) in [5.74, 6) is -0.724. The lowest BCUT2D eigenvalue weighted by Gasteiger charge is -2.45. The average molecular weight is 603 g/mol. The van der Waals surface area contributed by atoms with Crippen LogP contribution in [-0.4, -0.2) is 96.2 Å². The number of likely N-dealkylation sites (tertiary alicyclic amines) is 1. The first kappa shape index (κ1) is 31.0. The van der Waals surface area contributed by atoms with Gasteiger partial charge in [0.05, 0.1) is 23.6 Å². The summed E-state index contributed by atoms with van der Waals surface area (Å²) in [5, 5.41) is 3.04. The SMILES string of the molecule is CCOc1ncccc1-c1ccc(N2CCN(C(=O)C3(C(F)(F)F)CCCC3)C[C@H]2CC)c(C(=O)NC[C@@H]2CCN2C)n1. The predicted octanol–water partition coefficient (Wildman–Crippen LogP) is 4.53. The molecule has 0 bridgehead atoms. The fourth-order valence-corrected chi connectivity index (χ4v) is 6.57. The summed E-state index contributed by atoms with van der Waals surface area (Å²) < 4.78 is 48.3. The molecule has 2 atom stereocenters. The molecule has 2 saturated heterocycles. The fraction of sp³-hybridized carbons (Fsp3) is 0.613. The van der Waals surface area contributed by atoms with E-state index in [2.05, 4.69) is 15.2 Å². The maximum Gasteiger partial charge on any atom is 0.403 e. The van der Waals surface area contributed by atoms with Crippen LogP contribution in [0.5, 0.6) is 5.88 Å². The molecule has 4 heterocycles. The summed E-state index contributed by atoms with van der Waals surface area (Å²) in [7, 11) is 2.02. The predicted molar refractivity (Wildman–Crippen MR) is 157 cm³/mol. The van der Waals surface area contributed by atoms with Crippen LogP contribution in [0.1, 0.15) is 62.9 Å². The highest BCUT2D eigenvalue weighted by atomic mass is 19.4. The standard InChI is InChI=1S/C31H41F3N6O3/c1-4-21-20-39(29(42)30(31(32,33)34)13-6-7-14-30)17-18-40(21)25-11-10-24(23-9-8-15-35-28(23)43-5-2)37-26(25)27(41)36-19-22-12-16-38(22)3/h8-11,15,21-22H,4-7,12-14,16-20H2,1-3H3,(H,36,41)/t21-,22+/m1/s1. The zero-order valence-electron chi connectivity index (χ0n) is 25.1. The Labute approximate surface area is 250 Å². The van der Waals surface area contributed by atoms with E-state index < -0.39 is 17.5 Å². The third kappa shape index (κ3) is 6.03. The minimum absolute atomic E-state index is 0.139. The van der Waals surface area contributed by atoms with Crippen LogP contribution in [0.3, 0.4) is 0 Å². The normalized spacial score (nSPS) is 22.3. The minimum atomic E-state index is -4.58. The Bertz CT molecular complexity index is 1320. The quantitative estimate of drug-likeness (QED) is 0.451. The molecular weight excluding hydrogens is 561 g/mol. The number of rotatable bonds is 9. The molecule has 0 spiro atoms. The smallest absolute Gasteiger partial charge is 0.403 e. The summed E-state index contributed by atoms with van der Waals surface area (Å²) in [6.45, 7) is 6.28. The summed E-state index contributed by atoms with van der Waals surface area (Å²) in [6, 6.07) is 7.24. The first-order valence-corrected chi connectivity index (χ1v) is 15.3. The number of hydrogen-bond acceptors (Lipinski definition) is 7. The van der Waals surface area contributed by atoms with Gasteiger partial charge in [-0.25, -0.2) is 9.97 Å². The van der Waals surface area contributed by atoms with Crippen molar-refractivity contribution >= 4 is 17.5 Å². The van der Waals surface area contributed by atoms with Crippen LogP contribution in [0.2, 0.25) is 0 Å². The van der Waals surface area contributed by atoms with Crippen LogP contribution in [0, 0.1) is 5.41 Å². The Morgan fingerprint density at radius 3 is 2.49 bits per heavy atom. The molecule has 2 amide bonds. The van der Waals surface area contributed by atoms with E-state index in [0.29, 0.717) is 61.8 Å². The van der Waals surface area contributed by atoms with Crippen molar-refractivity contribution in [2.24, 2.45) is 5.41 Å². The van der Waals surface area contributed by atoms with Crippen LogP contribution in [-0.2, 0) is 4.79 Å². The molecule has 1 saturated carbocycles. The van der Waals surface area contributed by atoms with E-state index in [1.165, 1.54) is 4.90 Å². The van der Waals surface area contributed by atoms with Crippen molar-refractivity contribution in [3.05, 3.63) is 36.2 Å².